The number of aromatic hydroxyl groups is 1. The molecule has 4 aliphatic rings. The van der Waals surface area contributed by atoms with Crippen LogP contribution in [0.4, 0.5) is 0 Å². The largest absolute Gasteiger partial charge is 0.503 e. The van der Waals surface area contributed by atoms with Gasteiger partial charge in [0.25, 0.3) is 0 Å². The van der Waals surface area contributed by atoms with Gasteiger partial charge < -0.3 is 9.84 Å². The van der Waals surface area contributed by atoms with Crippen LogP contribution >= 0.6 is 38.9 Å². The number of halogens is 2. The second-order valence-corrected chi connectivity index (χ2v) is 12.1. The van der Waals surface area contributed by atoms with Crippen LogP contribution in [0.3, 0.4) is 0 Å². The number of phenolic OH excluding ortho intramolecular Hbond substituents is 1. The summed E-state index contributed by atoms with van der Waals surface area (Å²) in [6, 6.07) is 6.93. The van der Waals surface area contributed by atoms with Crippen molar-refractivity contribution in [2.24, 2.45) is 17.8 Å². The summed E-state index contributed by atoms with van der Waals surface area (Å²) >= 11 is 11.0. The number of benzene rings is 1. The summed E-state index contributed by atoms with van der Waals surface area (Å²) in [6.07, 6.45) is 3.75. The maximum absolute atomic E-state index is 13.8. The second-order valence-electron chi connectivity index (χ2n) is 9.79. The Morgan fingerprint density at radius 3 is 2.68 bits per heavy atom. The van der Waals surface area contributed by atoms with E-state index in [1.165, 1.54) is 29.4 Å². The predicted molar refractivity (Wildman–Crippen MR) is 144 cm³/mol. The number of thiophene rings is 1. The highest BCUT2D eigenvalue weighted by atomic mass is 79.9. The third-order valence-electron chi connectivity index (χ3n) is 7.92. The fraction of sp³-hybridized carbons (Fsp3) is 0.286. The summed E-state index contributed by atoms with van der Waals surface area (Å²) in [5.41, 5.74) is 2.03. The van der Waals surface area contributed by atoms with Gasteiger partial charge in [-0.3, -0.25) is 24.1 Å². The minimum atomic E-state index is -0.681. The molecule has 7 nitrogen and oxygen atoms in total. The summed E-state index contributed by atoms with van der Waals surface area (Å²) in [7, 11) is 1.40. The Morgan fingerprint density at radius 1 is 1.18 bits per heavy atom. The van der Waals surface area contributed by atoms with Crippen LogP contribution in [0, 0.1) is 17.8 Å². The molecule has 38 heavy (non-hydrogen) atoms. The Morgan fingerprint density at radius 2 is 1.97 bits per heavy atom. The topological polar surface area (TPSA) is 101 Å². The third-order valence-corrected chi connectivity index (χ3v) is 9.66. The number of nitrogens with zero attached hydrogens (tertiary/aromatic N) is 1. The summed E-state index contributed by atoms with van der Waals surface area (Å²) in [5.74, 6) is -3.47. The van der Waals surface area contributed by atoms with Gasteiger partial charge in [-0.25, -0.2) is 0 Å². The van der Waals surface area contributed by atoms with Crippen molar-refractivity contribution in [3.8, 4) is 11.5 Å². The molecule has 1 fully saturated rings. The molecule has 0 saturated carbocycles. The number of hydrogen-bond acceptors (Lipinski definition) is 7. The molecule has 6 rings (SSSR count). The van der Waals surface area contributed by atoms with E-state index in [1.807, 2.05) is 23.6 Å². The Bertz CT molecular complexity index is 1520. The number of carbonyl (C=O) groups excluding carboxylic acids is 4. The molecule has 1 aromatic carbocycles. The molecule has 2 amide bonds. The maximum Gasteiger partial charge on any atom is 0.234 e. The van der Waals surface area contributed by atoms with Crippen molar-refractivity contribution in [2.75, 3.05) is 7.11 Å². The van der Waals surface area contributed by atoms with E-state index in [4.69, 9.17) is 16.3 Å². The van der Waals surface area contributed by atoms with Gasteiger partial charge in [-0.2, -0.15) is 0 Å². The first-order chi connectivity index (χ1) is 18.2. The van der Waals surface area contributed by atoms with Gasteiger partial charge in [0.1, 0.15) is 0 Å². The monoisotopic (exact) mass is 613 g/mol. The number of rotatable bonds is 4. The minimum absolute atomic E-state index is 0.0402. The lowest BCUT2D eigenvalue weighted by atomic mass is 9.59. The quantitative estimate of drug-likeness (QED) is 0.293. The molecule has 1 saturated heterocycles. The van der Waals surface area contributed by atoms with Crippen LogP contribution in [0.15, 0.2) is 63.0 Å². The summed E-state index contributed by atoms with van der Waals surface area (Å²) in [6.45, 7) is 0.220. The van der Waals surface area contributed by atoms with Gasteiger partial charge >= 0.3 is 0 Å². The van der Waals surface area contributed by atoms with Crippen molar-refractivity contribution in [2.45, 2.75) is 25.3 Å². The number of ketones is 2. The van der Waals surface area contributed by atoms with Crippen molar-refractivity contribution in [1.29, 1.82) is 0 Å². The summed E-state index contributed by atoms with van der Waals surface area (Å²) in [4.78, 5) is 56.1. The molecular weight excluding hydrogens is 594 g/mol. The van der Waals surface area contributed by atoms with Gasteiger partial charge in [-0.1, -0.05) is 29.3 Å². The first-order valence-corrected chi connectivity index (χ1v) is 14.1. The van der Waals surface area contributed by atoms with Crippen LogP contribution in [-0.2, 0) is 25.7 Å². The Hall–Kier alpha value is -3.01. The van der Waals surface area contributed by atoms with Crippen molar-refractivity contribution in [1.82, 2.24) is 4.90 Å². The van der Waals surface area contributed by atoms with Crippen molar-refractivity contribution in [3.05, 3.63) is 78.5 Å². The number of fused-ring (bicyclic) bond motifs is 3. The van der Waals surface area contributed by atoms with Crippen LogP contribution in [0.2, 0.25) is 5.02 Å². The molecule has 1 N–H and O–H groups in total. The van der Waals surface area contributed by atoms with Crippen LogP contribution in [0.1, 0.15) is 29.2 Å². The van der Waals surface area contributed by atoms with Crippen LogP contribution < -0.4 is 4.74 Å². The molecule has 3 aliphatic carbocycles. The van der Waals surface area contributed by atoms with E-state index < -0.39 is 23.7 Å². The van der Waals surface area contributed by atoms with Gasteiger partial charge in [0.15, 0.2) is 23.1 Å². The lowest BCUT2D eigenvalue weighted by Crippen LogP contribution is -2.39. The highest BCUT2D eigenvalue weighted by molar-refractivity contribution is 9.12. The van der Waals surface area contributed by atoms with E-state index in [1.54, 1.807) is 12.1 Å². The molecule has 0 spiro atoms. The number of carbonyl (C=O) groups is 4. The molecule has 0 unspecified atom stereocenters. The molecular formula is C28H21BrClNO6S. The standard InChI is InChI=1S/C28H21BrClNO6S/c1-37-21-8-12(7-19(30)26(21)34)22-14-4-5-15-23(28(36)31(27(15)35)11-13-3-2-6-38-13)16(14)9-17-24(22)20(32)10-18(29)25(17)33/h2-4,6-8,10,15-16,22-23,34H,5,9,11H2,1H3/t15-,16+,22-,23-/m0/s1. The SMILES string of the molecule is COc1cc([C@H]2C3=CC[C@@H]4C(=O)N(Cc5cccs5)C(=O)[C@@H]4[C@@H]3CC3=C2C(=O)C=C(Br)C3=O)cc(Cl)c1O. The first kappa shape index (κ1) is 25.3. The summed E-state index contributed by atoms with van der Waals surface area (Å²) in [5, 5.41) is 12.3. The third kappa shape index (κ3) is 3.74. The first-order valence-electron chi connectivity index (χ1n) is 12.0. The highest BCUT2D eigenvalue weighted by Crippen LogP contribution is 2.56. The normalized spacial score (nSPS) is 26.7. The number of methoxy groups -OCH3 is 1. The zero-order valence-corrected chi connectivity index (χ0v) is 23.2. The van der Waals surface area contributed by atoms with Crippen LogP contribution in [-0.4, -0.2) is 40.5 Å². The number of allylic oxidation sites excluding steroid dienone is 6. The van der Waals surface area contributed by atoms with Crippen LogP contribution in [0.25, 0.3) is 0 Å². The average molecular weight is 615 g/mol. The molecule has 0 bridgehead atoms. The highest BCUT2D eigenvalue weighted by Gasteiger charge is 2.56. The number of Topliss-reactive ketones (excluding diaryl/α,β-unsaturated/α-hetero) is 1. The fourth-order valence-corrected chi connectivity index (χ4v) is 7.64. The number of ether oxygens (including phenoxy) is 1. The van der Waals surface area contributed by atoms with E-state index in [0.717, 1.165) is 10.5 Å². The van der Waals surface area contributed by atoms with E-state index >= 15 is 0 Å². The molecule has 1 aromatic heterocycles. The maximum atomic E-state index is 13.8. The van der Waals surface area contributed by atoms with Gasteiger partial charge in [-0.15, -0.1) is 11.3 Å². The average Bonchev–Trinajstić information content (AvgIpc) is 3.50. The molecule has 10 heteroatoms. The smallest absolute Gasteiger partial charge is 0.234 e. The number of imide groups is 1. The lowest BCUT2D eigenvalue weighted by molar-refractivity contribution is -0.140. The fourth-order valence-electron chi connectivity index (χ4n) is 6.28. The predicted octanol–water partition coefficient (Wildman–Crippen LogP) is 5.08. The zero-order chi connectivity index (χ0) is 26.9. The lowest BCUT2D eigenvalue weighted by Gasteiger charge is -2.42. The molecule has 2 heterocycles. The molecule has 194 valence electrons. The van der Waals surface area contributed by atoms with Gasteiger partial charge in [0.05, 0.1) is 35.0 Å². The van der Waals surface area contributed by atoms with Crippen molar-refractivity contribution in [3.63, 3.8) is 0 Å². The van der Waals surface area contributed by atoms with Gasteiger partial charge in [-0.05, 0) is 63.8 Å². The molecule has 4 atom stereocenters. The Balaban J connectivity index is 1.48. The Labute approximate surface area is 235 Å². The zero-order valence-electron chi connectivity index (χ0n) is 20.1. The van der Waals surface area contributed by atoms with Gasteiger partial charge in [0, 0.05) is 28.0 Å². The van der Waals surface area contributed by atoms with E-state index in [0.29, 0.717) is 23.1 Å². The summed E-state index contributed by atoms with van der Waals surface area (Å²) < 4.78 is 5.47. The van der Waals surface area contributed by atoms with E-state index in [-0.39, 0.29) is 57.4 Å². The second kappa shape index (κ2) is 9.32. The van der Waals surface area contributed by atoms with Gasteiger partial charge in [0.2, 0.25) is 11.8 Å². The number of amides is 2. The van der Waals surface area contributed by atoms with Crippen molar-refractivity contribution < 1.29 is 29.0 Å². The molecule has 0 radical (unpaired) electrons. The molecule has 1 aliphatic heterocycles. The number of hydrogen-bond donors (Lipinski definition) is 1. The van der Waals surface area contributed by atoms with Crippen LogP contribution in [0.5, 0.6) is 11.5 Å². The van der Waals surface area contributed by atoms with E-state index in [9.17, 15) is 24.3 Å². The number of phenols is 1. The number of likely N-dealkylation sites (tertiary alicyclic amines) is 1. The molecule has 2 aromatic rings. The Kier molecular flexibility index (Phi) is 6.20. The van der Waals surface area contributed by atoms with E-state index in [2.05, 4.69) is 15.9 Å². The van der Waals surface area contributed by atoms with Crippen molar-refractivity contribution >= 4 is 62.2 Å². The minimum Gasteiger partial charge on any atom is -0.503 e.